The van der Waals surface area contributed by atoms with Crippen LogP contribution in [-0.4, -0.2) is 20.9 Å². The van der Waals surface area contributed by atoms with Gasteiger partial charge in [-0.1, -0.05) is 38.1 Å². The smallest absolute Gasteiger partial charge is 0.309 e. The molecule has 0 aliphatic carbocycles. The van der Waals surface area contributed by atoms with Gasteiger partial charge < -0.3 is 5.11 Å². The summed E-state index contributed by atoms with van der Waals surface area (Å²) < 4.78 is 1.73. The minimum absolute atomic E-state index is 0.0424. The molecule has 2 rings (SSSR count). The minimum Gasteiger partial charge on any atom is -0.481 e. The molecule has 0 spiro atoms. The van der Waals surface area contributed by atoms with Crippen molar-refractivity contribution in [2.24, 2.45) is 13.0 Å². The Balaban J connectivity index is 2.23. The quantitative estimate of drug-likeness (QED) is 0.910. The maximum Gasteiger partial charge on any atom is 0.309 e. The molecule has 1 aromatic heterocycles. The number of hydrogen-bond acceptors (Lipinski definition) is 2. The average molecular weight is 272 g/mol. The Labute approximate surface area is 119 Å². The number of hydrogen-bond donors (Lipinski definition) is 1. The van der Waals surface area contributed by atoms with Crippen LogP contribution >= 0.6 is 0 Å². The second-order valence-electron chi connectivity index (χ2n) is 5.51. The highest BCUT2D eigenvalue weighted by Gasteiger charge is 2.10. The van der Waals surface area contributed by atoms with Crippen LogP contribution in [0.5, 0.6) is 0 Å². The maximum atomic E-state index is 10.7. The molecule has 0 aliphatic heterocycles. The second-order valence-corrected chi connectivity index (χ2v) is 5.51. The molecule has 0 amide bonds. The van der Waals surface area contributed by atoms with Crippen LogP contribution in [0.4, 0.5) is 0 Å². The average Bonchev–Trinajstić information content (AvgIpc) is 2.69. The summed E-state index contributed by atoms with van der Waals surface area (Å²) in [6.45, 7) is 4.40. The molecule has 0 fully saturated rings. The second kappa shape index (κ2) is 5.90. The molecule has 0 atom stereocenters. The lowest BCUT2D eigenvalue weighted by Crippen LogP contribution is -2.01. The first-order valence-electron chi connectivity index (χ1n) is 6.79. The third-order valence-corrected chi connectivity index (χ3v) is 3.16. The summed E-state index contributed by atoms with van der Waals surface area (Å²) >= 11 is 0. The van der Waals surface area contributed by atoms with E-state index < -0.39 is 5.97 Å². The van der Waals surface area contributed by atoms with Crippen molar-refractivity contribution in [2.45, 2.75) is 26.7 Å². The van der Waals surface area contributed by atoms with E-state index in [0.29, 0.717) is 11.6 Å². The van der Waals surface area contributed by atoms with Crippen LogP contribution in [0, 0.1) is 5.92 Å². The Morgan fingerprint density at radius 3 is 2.50 bits per heavy atom. The lowest BCUT2D eigenvalue weighted by Gasteiger charge is -2.06. The van der Waals surface area contributed by atoms with Gasteiger partial charge in [0.05, 0.1) is 17.8 Å². The number of aromatic nitrogens is 2. The van der Waals surface area contributed by atoms with Gasteiger partial charge in [0.1, 0.15) is 0 Å². The van der Waals surface area contributed by atoms with Crippen LogP contribution in [0.2, 0.25) is 0 Å². The SMILES string of the molecule is CC(C)Cc1ccc(-c2cc(CC(=O)O)nn2C)cc1. The molecule has 0 unspecified atom stereocenters. The zero-order valence-corrected chi connectivity index (χ0v) is 12.1. The van der Waals surface area contributed by atoms with Gasteiger partial charge in [0, 0.05) is 7.05 Å². The highest BCUT2D eigenvalue weighted by molar-refractivity contribution is 5.70. The van der Waals surface area contributed by atoms with E-state index in [9.17, 15) is 4.79 Å². The first-order chi connectivity index (χ1) is 9.45. The van der Waals surface area contributed by atoms with E-state index in [-0.39, 0.29) is 6.42 Å². The van der Waals surface area contributed by atoms with Gasteiger partial charge in [0.25, 0.3) is 0 Å². The summed E-state index contributed by atoms with van der Waals surface area (Å²) in [5, 5.41) is 13.0. The highest BCUT2D eigenvalue weighted by atomic mass is 16.4. The molecule has 1 N–H and O–H groups in total. The predicted octanol–water partition coefficient (Wildman–Crippen LogP) is 2.91. The van der Waals surface area contributed by atoms with E-state index in [1.54, 1.807) is 4.68 Å². The van der Waals surface area contributed by atoms with Crippen LogP contribution in [0.3, 0.4) is 0 Å². The van der Waals surface area contributed by atoms with E-state index >= 15 is 0 Å². The first-order valence-corrected chi connectivity index (χ1v) is 6.79. The summed E-state index contributed by atoms with van der Waals surface area (Å²) in [7, 11) is 1.84. The molecule has 0 saturated carbocycles. The number of aliphatic carboxylic acids is 1. The number of carbonyl (C=O) groups is 1. The van der Waals surface area contributed by atoms with Crippen molar-refractivity contribution in [1.82, 2.24) is 9.78 Å². The van der Waals surface area contributed by atoms with Gasteiger partial charge in [-0.2, -0.15) is 5.10 Å². The number of rotatable bonds is 5. The van der Waals surface area contributed by atoms with Crippen molar-refractivity contribution >= 4 is 5.97 Å². The topological polar surface area (TPSA) is 55.1 Å². The standard InChI is InChI=1S/C16H20N2O2/c1-11(2)8-12-4-6-13(7-5-12)15-9-14(10-16(19)20)17-18(15)3/h4-7,9,11H,8,10H2,1-3H3,(H,19,20). The van der Waals surface area contributed by atoms with Crippen molar-refractivity contribution in [2.75, 3.05) is 0 Å². The van der Waals surface area contributed by atoms with Gasteiger partial charge in [-0.3, -0.25) is 9.48 Å². The number of carboxylic acid groups (broad SMARTS) is 1. The third-order valence-electron chi connectivity index (χ3n) is 3.16. The zero-order valence-electron chi connectivity index (χ0n) is 12.1. The fourth-order valence-electron chi connectivity index (χ4n) is 2.32. The number of benzene rings is 1. The Morgan fingerprint density at radius 1 is 1.30 bits per heavy atom. The maximum absolute atomic E-state index is 10.7. The van der Waals surface area contributed by atoms with Crippen LogP contribution in [0.1, 0.15) is 25.1 Å². The van der Waals surface area contributed by atoms with Gasteiger partial charge in [-0.25, -0.2) is 0 Å². The van der Waals surface area contributed by atoms with Crippen molar-refractivity contribution in [3.05, 3.63) is 41.6 Å². The molecule has 20 heavy (non-hydrogen) atoms. The summed E-state index contributed by atoms with van der Waals surface area (Å²) in [6.07, 6.45) is 1.02. The Bertz CT molecular complexity index is 597. The minimum atomic E-state index is -0.859. The summed E-state index contributed by atoms with van der Waals surface area (Å²) in [4.78, 5) is 10.7. The van der Waals surface area contributed by atoms with Crippen molar-refractivity contribution in [3.63, 3.8) is 0 Å². The summed E-state index contributed by atoms with van der Waals surface area (Å²) in [6, 6.07) is 10.2. The van der Waals surface area contributed by atoms with Crippen molar-refractivity contribution < 1.29 is 9.90 Å². The number of aryl methyl sites for hydroxylation is 1. The Morgan fingerprint density at radius 2 is 1.95 bits per heavy atom. The lowest BCUT2D eigenvalue weighted by atomic mass is 10.0. The van der Waals surface area contributed by atoms with E-state index in [2.05, 4.69) is 43.2 Å². The van der Waals surface area contributed by atoms with E-state index in [0.717, 1.165) is 17.7 Å². The van der Waals surface area contributed by atoms with Gasteiger partial charge in [-0.05, 0) is 29.5 Å². The molecule has 2 aromatic rings. The van der Waals surface area contributed by atoms with E-state index in [1.165, 1.54) is 5.56 Å². The molecule has 106 valence electrons. The van der Waals surface area contributed by atoms with Crippen molar-refractivity contribution in [3.8, 4) is 11.3 Å². The van der Waals surface area contributed by atoms with Gasteiger partial charge in [0.2, 0.25) is 0 Å². The molecule has 1 heterocycles. The molecule has 0 radical (unpaired) electrons. The Hall–Kier alpha value is -2.10. The third kappa shape index (κ3) is 3.47. The monoisotopic (exact) mass is 272 g/mol. The molecule has 4 nitrogen and oxygen atoms in total. The molecular formula is C16H20N2O2. The predicted molar refractivity (Wildman–Crippen MR) is 78.5 cm³/mol. The van der Waals surface area contributed by atoms with Crippen LogP contribution in [-0.2, 0) is 24.7 Å². The van der Waals surface area contributed by atoms with E-state index in [1.807, 2.05) is 13.1 Å². The first kappa shape index (κ1) is 14.3. The molecule has 0 aliphatic rings. The summed E-state index contributed by atoms with van der Waals surface area (Å²) in [5.74, 6) is -0.221. The van der Waals surface area contributed by atoms with Crippen molar-refractivity contribution in [1.29, 1.82) is 0 Å². The molecule has 1 aromatic carbocycles. The van der Waals surface area contributed by atoms with Crippen LogP contribution in [0.15, 0.2) is 30.3 Å². The van der Waals surface area contributed by atoms with Crippen LogP contribution < -0.4 is 0 Å². The largest absolute Gasteiger partial charge is 0.481 e. The molecule has 4 heteroatoms. The fourth-order valence-corrected chi connectivity index (χ4v) is 2.32. The molecule has 0 bridgehead atoms. The molecular weight excluding hydrogens is 252 g/mol. The number of nitrogens with zero attached hydrogens (tertiary/aromatic N) is 2. The van der Waals surface area contributed by atoms with Crippen LogP contribution in [0.25, 0.3) is 11.3 Å². The van der Waals surface area contributed by atoms with Gasteiger partial charge in [-0.15, -0.1) is 0 Å². The Kier molecular flexibility index (Phi) is 4.23. The normalized spacial score (nSPS) is 11.0. The fraction of sp³-hybridized carbons (Fsp3) is 0.375. The molecule has 0 saturated heterocycles. The van der Waals surface area contributed by atoms with Gasteiger partial charge in [0.15, 0.2) is 0 Å². The van der Waals surface area contributed by atoms with Gasteiger partial charge >= 0.3 is 5.97 Å². The number of carboxylic acids is 1. The van der Waals surface area contributed by atoms with E-state index in [4.69, 9.17) is 5.11 Å². The lowest BCUT2D eigenvalue weighted by molar-refractivity contribution is -0.136. The summed E-state index contributed by atoms with van der Waals surface area (Å²) in [5.41, 5.74) is 3.90. The zero-order chi connectivity index (χ0) is 14.7. The highest BCUT2D eigenvalue weighted by Crippen LogP contribution is 2.21.